The average molecular weight is 326 g/mol. The molecular weight excluding hydrogens is 300 g/mol. The second kappa shape index (κ2) is 7.62. The highest BCUT2D eigenvalue weighted by Crippen LogP contribution is 2.22. The van der Waals surface area contributed by atoms with Gasteiger partial charge in [-0.1, -0.05) is 37.6 Å². The monoisotopic (exact) mass is 326 g/mol. The van der Waals surface area contributed by atoms with E-state index < -0.39 is 0 Å². The molecule has 0 saturated heterocycles. The third kappa shape index (κ3) is 3.85. The standard InChI is InChI=1S/C19H26N4O/c1-2-4-14-5-3-6-15(9-14)11-21-12-16-7-8-23-18(10-16)17(13-22-23)19(20)24/h3,5-6,9,13,16,21H,2,4,7-8,10-12H2,1H3,(H2,20,24)/t16-/m0/s1. The minimum absolute atomic E-state index is 0.377. The maximum absolute atomic E-state index is 11.5. The zero-order chi connectivity index (χ0) is 16.9. The van der Waals surface area contributed by atoms with Crippen molar-refractivity contribution in [2.45, 2.75) is 45.7 Å². The summed E-state index contributed by atoms with van der Waals surface area (Å²) in [6.45, 7) is 4.90. The van der Waals surface area contributed by atoms with Crippen molar-refractivity contribution in [2.24, 2.45) is 11.7 Å². The second-order valence-corrected chi connectivity index (χ2v) is 6.65. The molecular formula is C19H26N4O. The Morgan fingerprint density at radius 1 is 1.42 bits per heavy atom. The zero-order valence-electron chi connectivity index (χ0n) is 14.3. The van der Waals surface area contributed by atoms with Gasteiger partial charge in [-0.05, 0) is 42.9 Å². The minimum atomic E-state index is -0.377. The highest BCUT2D eigenvalue weighted by atomic mass is 16.1. The van der Waals surface area contributed by atoms with Crippen molar-refractivity contribution >= 4 is 5.91 Å². The van der Waals surface area contributed by atoms with Gasteiger partial charge in [0.15, 0.2) is 0 Å². The molecule has 1 aliphatic rings. The summed E-state index contributed by atoms with van der Waals surface area (Å²) in [5.74, 6) is 0.142. The van der Waals surface area contributed by atoms with E-state index in [-0.39, 0.29) is 5.91 Å². The summed E-state index contributed by atoms with van der Waals surface area (Å²) in [4.78, 5) is 11.5. The van der Waals surface area contributed by atoms with Crippen LogP contribution in [0.15, 0.2) is 30.5 Å². The maximum Gasteiger partial charge on any atom is 0.252 e. The zero-order valence-corrected chi connectivity index (χ0v) is 14.3. The van der Waals surface area contributed by atoms with Crippen LogP contribution in [0.25, 0.3) is 0 Å². The summed E-state index contributed by atoms with van der Waals surface area (Å²) in [6.07, 6.45) is 5.86. The molecule has 0 saturated carbocycles. The fourth-order valence-corrected chi connectivity index (χ4v) is 3.48. The number of benzene rings is 1. The van der Waals surface area contributed by atoms with E-state index in [9.17, 15) is 4.79 Å². The number of carbonyl (C=O) groups is 1. The molecule has 0 bridgehead atoms. The van der Waals surface area contributed by atoms with Crippen molar-refractivity contribution in [3.8, 4) is 0 Å². The first-order chi connectivity index (χ1) is 11.7. The molecule has 1 atom stereocenters. The molecule has 1 amide bonds. The van der Waals surface area contributed by atoms with E-state index in [1.807, 2.05) is 4.68 Å². The summed E-state index contributed by atoms with van der Waals surface area (Å²) >= 11 is 0. The van der Waals surface area contributed by atoms with Gasteiger partial charge in [-0.2, -0.15) is 5.10 Å². The molecule has 1 aromatic carbocycles. The van der Waals surface area contributed by atoms with Gasteiger partial charge < -0.3 is 11.1 Å². The Morgan fingerprint density at radius 2 is 2.25 bits per heavy atom. The van der Waals surface area contributed by atoms with Gasteiger partial charge in [0.2, 0.25) is 0 Å². The largest absolute Gasteiger partial charge is 0.365 e. The van der Waals surface area contributed by atoms with Gasteiger partial charge in [-0.3, -0.25) is 9.48 Å². The van der Waals surface area contributed by atoms with Gasteiger partial charge in [0.25, 0.3) is 5.91 Å². The van der Waals surface area contributed by atoms with Crippen LogP contribution >= 0.6 is 0 Å². The van der Waals surface area contributed by atoms with E-state index in [0.717, 1.165) is 44.6 Å². The normalized spacial score (nSPS) is 16.8. The Bertz CT molecular complexity index is 707. The molecule has 3 rings (SSSR count). The summed E-state index contributed by atoms with van der Waals surface area (Å²) in [5, 5.41) is 7.83. The number of hydrogen-bond donors (Lipinski definition) is 2. The Kier molecular flexibility index (Phi) is 5.30. The van der Waals surface area contributed by atoms with Crippen LogP contribution in [-0.4, -0.2) is 22.2 Å². The molecule has 24 heavy (non-hydrogen) atoms. The van der Waals surface area contributed by atoms with Crippen molar-refractivity contribution in [1.82, 2.24) is 15.1 Å². The van der Waals surface area contributed by atoms with E-state index >= 15 is 0 Å². The first-order valence-corrected chi connectivity index (χ1v) is 8.80. The van der Waals surface area contributed by atoms with Crippen molar-refractivity contribution in [3.05, 3.63) is 52.8 Å². The summed E-state index contributed by atoms with van der Waals surface area (Å²) in [6, 6.07) is 8.80. The molecule has 2 heterocycles. The maximum atomic E-state index is 11.5. The van der Waals surface area contributed by atoms with Gasteiger partial charge >= 0.3 is 0 Å². The van der Waals surface area contributed by atoms with Crippen LogP contribution in [0.5, 0.6) is 0 Å². The number of rotatable bonds is 7. The predicted octanol–water partition coefficient (Wildman–Crippen LogP) is 2.29. The van der Waals surface area contributed by atoms with Crippen LogP contribution in [0.2, 0.25) is 0 Å². The highest BCUT2D eigenvalue weighted by Gasteiger charge is 2.23. The third-order valence-corrected chi connectivity index (χ3v) is 4.74. The van der Waals surface area contributed by atoms with Crippen LogP contribution in [0, 0.1) is 5.92 Å². The Hall–Kier alpha value is -2.14. The lowest BCUT2D eigenvalue weighted by Crippen LogP contribution is -2.30. The van der Waals surface area contributed by atoms with Gasteiger partial charge in [0, 0.05) is 13.1 Å². The molecule has 0 spiro atoms. The van der Waals surface area contributed by atoms with Crippen LogP contribution in [-0.2, 0) is 25.9 Å². The summed E-state index contributed by atoms with van der Waals surface area (Å²) < 4.78 is 1.92. The SMILES string of the molecule is CCCc1cccc(CNC[C@H]2CCn3ncc(C(N)=O)c3C2)c1. The van der Waals surface area contributed by atoms with E-state index in [4.69, 9.17) is 5.73 Å². The molecule has 128 valence electrons. The van der Waals surface area contributed by atoms with E-state index in [1.54, 1.807) is 6.20 Å². The number of carbonyl (C=O) groups excluding carboxylic acids is 1. The number of fused-ring (bicyclic) bond motifs is 1. The smallest absolute Gasteiger partial charge is 0.252 e. The molecule has 1 aliphatic heterocycles. The van der Waals surface area contributed by atoms with E-state index in [1.165, 1.54) is 17.5 Å². The number of hydrogen-bond acceptors (Lipinski definition) is 3. The number of nitrogens with zero attached hydrogens (tertiary/aromatic N) is 2. The predicted molar refractivity (Wildman–Crippen MR) is 94.7 cm³/mol. The molecule has 0 radical (unpaired) electrons. The summed E-state index contributed by atoms with van der Waals surface area (Å²) in [7, 11) is 0. The lowest BCUT2D eigenvalue weighted by atomic mass is 9.94. The molecule has 0 unspecified atom stereocenters. The van der Waals surface area contributed by atoms with Gasteiger partial charge in [-0.15, -0.1) is 0 Å². The lowest BCUT2D eigenvalue weighted by Gasteiger charge is -2.24. The fourth-order valence-electron chi connectivity index (χ4n) is 3.48. The molecule has 3 N–H and O–H groups in total. The average Bonchev–Trinajstić information content (AvgIpc) is 2.99. The lowest BCUT2D eigenvalue weighted by molar-refractivity contribution is 0.0998. The second-order valence-electron chi connectivity index (χ2n) is 6.65. The Balaban J connectivity index is 1.53. The summed E-state index contributed by atoms with van der Waals surface area (Å²) in [5.41, 5.74) is 9.74. The van der Waals surface area contributed by atoms with Crippen molar-refractivity contribution < 1.29 is 4.79 Å². The van der Waals surface area contributed by atoms with Crippen LogP contribution in [0.1, 0.15) is 46.9 Å². The topological polar surface area (TPSA) is 72.9 Å². The number of nitrogens with two attached hydrogens (primary N) is 1. The van der Waals surface area contributed by atoms with Crippen molar-refractivity contribution in [1.29, 1.82) is 0 Å². The molecule has 1 aromatic heterocycles. The Morgan fingerprint density at radius 3 is 3.04 bits per heavy atom. The van der Waals surface area contributed by atoms with E-state index in [0.29, 0.717) is 11.5 Å². The van der Waals surface area contributed by atoms with Crippen LogP contribution in [0.4, 0.5) is 0 Å². The number of nitrogens with one attached hydrogen (secondary N) is 1. The van der Waals surface area contributed by atoms with Gasteiger partial charge in [0.1, 0.15) is 0 Å². The van der Waals surface area contributed by atoms with Gasteiger partial charge in [0.05, 0.1) is 17.5 Å². The molecule has 5 heteroatoms. The van der Waals surface area contributed by atoms with Crippen molar-refractivity contribution in [2.75, 3.05) is 6.54 Å². The fraction of sp³-hybridized carbons (Fsp3) is 0.474. The first-order valence-electron chi connectivity index (χ1n) is 8.80. The molecule has 0 aliphatic carbocycles. The number of primary amides is 1. The minimum Gasteiger partial charge on any atom is -0.365 e. The van der Waals surface area contributed by atoms with E-state index in [2.05, 4.69) is 41.6 Å². The number of aromatic nitrogens is 2. The third-order valence-electron chi connectivity index (χ3n) is 4.74. The highest BCUT2D eigenvalue weighted by molar-refractivity contribution is 5.93. The molecule has 5 nitrogen and oxygen atoms in total. The Labute approximate surface area is 143 Å². The molecule has 0 fully saturated rings. The number of amides is 1. The quantitative estimate of drug-likeness (QED) is 0.820. The van der Waals surface area contributed by atoms with Gasteiger partial charge in [-0.25, -0.2) is 0 Å². The molecule has 2 aromatic rings. The van der Waals surface area contributed by atoms with Crippen LogP contribution < -0.4 is 11.1 Å². The van der Waals surface area contributed by atoms with Crippen molar-refractivity contribution in [3.63, 3.8) is 0 Å². The van der Waals surface area contributed by atoms with Crippen LogP contribution in [0.3, 0.4) is 0 Å². The number of aryl methyl sites for hydroxylation is 2. The first kappa shape index (κ1) is 16.7.